The van der Waals surface area contributed by atoms with Crippen molar-refractivity contribution < 1.29 is 9.59 Å². The molecule has 1 aliphatic heterocycles. The SMILES string of the molecule is C[C@H]1CC(=O)Nc2ccccc2N1C(=O)c1cscn1. The number of nitrogens with one attached hydrogen (secondary N) is 1. The first-order valence-corrected chi connectivity index (χ1v) is 7.21. The molecule has 1 N–H and O–H groups in total. The summed E-state index contributed by atoms with van der Waals surface area (Å²) in [5.74, 6) is -0.263. The average Bonchev–Trinajstić information content (AvgIpc) is 2.90. The lowest BCUT2D eigenvalue weighted by Gasteiger charge is -2.27. The normalized spacial score (nSPS) is 18.1. The summed E-state index contributed by atoms with van der Waals surface area (Å²) in [7, 11) is 0. The number of rotatable bonds is 1. The van der Waals surface area contributed by atoms with E-state index in [1.807, 2.05) is 25.1 Å². The third-order valence-corrected chi connectivity index (χ3v) is 3.82. The Morgan fingerprint density at radius 1 is 1.45 bits per heavy atom. The number of carbonyl (C=O) groups is 2. The van der Waals surface area contributed by atoms with Crippen LogP contribution in [0.2, 0.25) is 0 Å². The number of benzene rings is 1. The molecule has 0 aliphatic carbocycles. The molecule has 0 radical (unpaired) electrons. The number of para-hydroxylation sites is 2. The Labute approximate surface area is 120 Å². The van der Waals surface area contributed by atoms with Gasteiger partial charge in [0.25, 0.3) is 5.91 Å². The van der Waals surface area contributed by atoms with Crippen LogP contribution in [0.25, 0.3) is 0 Å². The highest BCUT2D eigenvalue weighted by Crippen LogP contribution is 2.32. The highest BCUT2D eigenvalue weighted by molar-refractivity contribution is 7.07. The first-order valence-electron chi connectivity index (χ1n) is 6.27. The lowest BCUT2D eigenvalue weighted by atomic mass is 10.1. The molecule has 0 fully saturated rings. The van der Waals surface area contributed by atoms with Crippen molar-refractivity contribution in [3.8, 4) is 0 Å². The number of amides is 2. The molecule has 20 heavy (non-hydrogen) atoms. The Morgan fingerprint density at radius 3 is 3.00 bits per heavy atom. The van der Waals surface area contributed by atoms with Gasteiger partial charge in [-0.05, 0) is 19.1 Å². The molecule has 6 heteroatoms. The molecule has 0 saturated carbocycles. The van der Waals surface area contributed by atoms with Gasteiger partial charge in [0, 0.05) is 17.8 Å². The summed E-state index contributed by atoms with van der Waals surface area (Å²) >= 11 is 1.38. The molecule has 1 aromatic carbocycles. The Balaban J connectivity index is 2.08. The van der Waals surface area contributed by atoms with E-state index in [9.17, 15) is 9.59 Å². The summed E-state index contributed by atoms with van der Waals surface area (Å²) in [5, 5.41) is 4.55. The number of fused-ring (bicyclic) bond motifs is 1. The van der Waals surface area contributed by atoms with Crippen LogP contribution in [0.5, 0.6) is 0 Å². The molecule has 2 heterocycles. The Hall–Kier alpha value is -2.21. The van der Waals surface area contributed by atoms with Crippen molar-refractivity contribution in [2.24, 2.45) is 0 Å². The number of thiazole rings is 1. The maximum atomic E-state index is 12.6. The summed E-state index contributed by atoms with van der Waals surface area (Å²) in [4.78, 5) is 30.2. The van der Waals surface area contributed by atoms with Crippen molar-refractivity contribution >= 4 is 34.5 Å². The minimum atomic E-state index is -0.215. The molecule has 5 nitrogen and oxygen atoms in total. The van der Waals surface area contributed by atoms with E-state index in [0.717, 1.165) is 0 Å². The smallest absolute Gasteiger partial charge is 0.278 e. The third-order valence-electron chi connectivity index (χ3n) is 3.23. The fourth-order valence-electron chi connectivity index (χ4n) is 2.34. The van der Waals surface area contributed by atoms with Gasteiger partial charge in [-0.2, -0.15) is 0 Å². The maximum absolute atomic E-state index is 12.6. The molecule has 1 aromatic heterocycles. The van der Waals surface area contributed by atoms with E-state index in [4.69, 9.17) is 0 Å². The first kappa shape index (κ1) is 12.8. The molecular weight excluding hydrogens is 274 g/mol. The van der Waals surface area contributed by atoms with Crippen LogP contribution in [0, 0.1) is 0 Å². The van der Waals surface area contributed by atoms with E-state index in [2.05, 4.69) is 10.3 Å². The number of hydrogen-bond donors (Lipinski definition) is 1. The quantitative estimate of drug-likeness (QED) is 0.876. The van der Waals surface area contributed by atoms with Gasteiger partial charge in [0.05, 0.1) is 16.9 Å². The molecule has 0 unspecified atom stereocenters. The summed E-state index contributed by atoms with van der Waals surface area (Å²) in [6, 6.07) is 7.10. The summed E-state index contributed by atoms with van der Waals surface area (Å²) in [6.07, 6.45) is 0.268. The number of hydrogen-bond acceptors (Lipinski definition) is 4. The second-order valence-corrected chi connectivity index (χ2v) is 5.39. The van der Waals surface area contributed by atoms with E-state index >= 15 is 0 Å². The van der Waals surface area contributed by atoms with Crippen molar-refractivity contribution in [1.29, 1.82) is 0 Å². The van der Waals surface area contributed by atoms with Crippen LogP contribution in [0.4, 0.5) is 11.4 Å². The standard InChI is InChI=1S/C14H13N3O2S/c1-9-6-13(18)16-10-4-2-3-5-12(10)17(9)14(19)11-7-20-8-15-11/h2-5,7-9H,6H2,1H3,(H,16,18)/t9-/m0/s1. The topological polar surface area (TPSA) is 62.3 Å². The van der Waals surface area contributed by atoms with E-state index < -0.39 is 0 Å². The molecule has 1 aliphatic rings. The molecule has 0 bridgehead atoms. The van der Waals surface area contributed by atoms with Gasteiger partial charge in [-0.1, -0.05) is 12.1 Å². The minimum absolute atomic E-state index is 0.0847. The number of aromatic nitrogens is 1. The van der Waals surface area contributed by atoms with E-state index in [-0.39, 0.29) is 24.3 Å². The minimum Gasteiger partial charge on any atom is -0.324 e. The summed E-state index contributed by atoms with van der Waals surface area (Å²) in [5.41, 5.74) is 3.41. The highest BCUT2D eigenvalue weighted by atomic mass is 32.1. The molecule has 1 atom stereocenters. The Morgan fingerprint density at radius 2 is 2.25 bits per heavy atom. The number of carbonyl (C=O) groups excluding carboxylic acids is 2. The molecule has 2 amide bonds. The summed E-state index contributed by atoms with van der Waals surface area (Å²) < 4.78 is 0. The van der Waals surface area contributed by atoms with Gasteiger partial charge in [0.15, 0.2) is 0 Å². The Kier molecular flexibility index (Phi) is 3.23. The molecule has 0 spiro atoms. The van der Waals surface area contributed by atoms with Crippen LogP contribution >= 0.6 is 11.3 Å². The monoisotopic (exact) mass is 287 g/mol. The number of anilines is 2. The van der Waals surface area contributed by atoms with Gasteiger partial charge in [0.2, 0.25) is 5.91 Å². The first-order chi connectivity index (χ1) is 9.66. The fourth-order valence-corrected chi connectivity index (χ4v) is 2.86. The second-order valence-electron chi connectivity index (χ2n) is 4.67. The van der Waals surface area contributed by atoms with E-state index in [1.165, 1.54) is 11.3 Å². The van der Waals surface area contributed by atoms with Gasteiger partial charge in [0.1, 0.15) is 5.69 Å². The van der Waals surface area contributed by atoms with E-state index in [0.29, 0.717) is 17.1 Å². The molecule has 0 saturated heterocycles. The van der Waals surface area contributed by atoms with E-state index in [1.54, 1.807) is 21.9 Å². The predicted molar refractivity (Wildman–Crippen MR) is 78.1 cm³/mol. The van der Waals surface area contributed by atoms with Gasteiger partial charge in [-0.3, -0.25) is 9.59 Å². The van der Waals surface area contributed by atoms with Crippen LogP contribution in [0.1, 0.15) is 23.8 Å². The van der Waals surface area contributed by atoms with Crippen LogP contribution < -0.4 is 10.2 Å². The van der Waals surface area contributed by atoms with Gasteiger partial charge >= 0.3 is 0 Å². The fraction of sp³-hybridized carbons (Fsp3) is 0.214. The second kappa shape index (κ2) is 5.05. The van der Waals surface area contributed by atoms with Crippen molar-refractivity contribution in [3.63, 3.8) is 0 Å². The van der Waals surface area contributed by atoms with Gasteiger partial charge in [-0.15, -0.1) is 11.3 Å². The van der Waals surface area contributed by atoms with Gasteiger partial charge in [-0.25, -0.2) is 4.98 Å². The van der Waals surface area contributed by atoms with Crippen molar-refractivity contribution in [3.05, 3.63) is 40.8 Å². The highest BCUT2D eigenvalue weighted by Gasteiger charge is 2.30. The zero-order valence-corrected chi connectivity index (χ0v) is 11.7. The van der Waals surface area contributed by atoms with Crippen molar-refractivity contribution in [1.82, 2.24) is 4.98 Å². The van der Waals surface area contributed by atoms with Crippen LogP contribution in [0.15, 0.2) is 35.2 Å². The number of nitrogens with zero attached hydrogens (tertiary/aromatic N) is 2. The zero-order valence-electron chi connectivity index (χ0n) is 10.9. The Bertz CT molecular complexity index is 654. The lowest BCUT2D eigenvalue weighted by Crippen LogP contribution is -2.39. The molecule has 2 aromatic rings. The zero-order chi connectivity index (χ0) is 14.1. The molecule has 102 valence electrons. The average molecular weight is 287 g/mol. The van der Waals surface area contributed by atoms with Crippen LogP contribution in [-0.2, 0) is 4.79 Å². The molecule has 3 rings (SSSR count). The summed E-state index contributed by atoms with van der Waals surface area (Å²) in [6.45, 7) is 1.87. The largest absolute Gasteiger partial charge is 0.324 e. The van der Waals surface area contributed by atoms with Crippen LogP contribution in [-0.4, -0.2) is 22.8 Å². The predicted octanol–water partition coefficient (Wildman–Crippen LogP) is 2.52. The molecular formula is C14H13N3O2S. The maximum Gasteiger partial charge on any atom is 0.278 e. The van der Waals surface area contributed by atoms with Crippen molar-refractivity contribution in [2.75, 3.05) is 10.2 Å². The third kappa shape index (κ3) is 2.18. The van der Waals surface area contributed by atoms with Gasteiger partial charge < -0.3 is 10.2 Å². The van der Waals surface area contributed by atoms with Crippen molar-refractivity contribution in [2.45, 2.75) is 19.4 Å². The van der Waals surface area contributed by atoms with Crippen LogP contribution in [0.3, 0.4) is 0 Å². The lowest BCUT2D eigenvalue weighted by molar-refractivity contribution is -0.116.